The van der Waals surface area contributed by atoms with Crippen LogP contribution in [0, 0.1) is 0 Å². The van der Waals surface area contributed by atoms with Gasteiger partial charge in [0.2, 0.25) is 5.94 Å². The van der Waals surface area contributed by atoms with Crippen molar-refractivity contribution in [3.8, 4) is 0 Å². The van der Waals surface area contributed by atoms with Crippen molar-refractivity contribution < 1.29 is 18.5 Å². The molecule has 1 rings (SSSR count). The fraction of sp³-hybridized carbons (Fsp3) is 0.143. The highest BCUT2D eigenvalue weighted by Gasteiger charge is 2.11. The van der Waals surface area contributed by atoms with E-state index < -0.39 is 19.4 Å². The van der Waals surface area contributed by atoms with E-state index in [1.807, 2.05) is 0 Å². The quantitative estimate of drug-likeness (QED) is 0.657. The van der Waals surface area contributed by atoms with Crippen molar-refractivity contribution in [2.24, 2.45) is 0 Å². The predicted molar refractivity (Wildman–Crippen MR) is 55.0 cm³/mol. The lowest BCUT2D eigenvalue weighted by Crippen LogP contribution is -2.07. The summed E-state index contributed by atoms with van der Waals surface area (Å²) in [6.45, 7) is 0. The van der Waals surface area contributed by atoms with Gasteiger partial charge in [-0.2, -0.15) is 0 Å². The van der Waals surface area contributed by atoms with Crippen molar-refractivity contribution in [1.82, 2.24) is 0 Å². The Balaban J connectivity index is 2.56. The molecule has 14 heavy (non-hydrogen) atoms. The molecule has 0 spiro atoms. The topological polar surface area (TPSA) is 69.6 Å². The molecule has 7 heteroatoms. The first-order chi connectivity index (χ1) is 6.59. The zero-order valence-electron chi connectivity index (χ0n) is 6.97. The lowest BCUT2D eigenvalue weighted by atomic mass is 10.4. The molecule has 0 fully saturated rings. The highest BCUT2D eigenvalue weighted by molar-refractivity contribution is 7.91. The van der Waals surface area contributed by atoms with Gasteiger partial charge in [0.15, 0.2) is 4.90 Å². The van der Waals surface area contributed by atoms with Crippen LogP contribution in [0.25, 0.3) is 0 Å². The third-order valence-corrected chi connectivity index (χ3v) is 3.35. The molecule has 0 amide bonds. The van der Waals surface area contributed by atoms with E-state index in [1.165, 1.54) is 0 Å². The van der Waals surface area contributed by atoms with E-state index in [0.29, 0.717) is 9.92 Å². The molecule has 0 saturated carbocycles. The molecule has 1 aromatic carbocycles. The Morgan fingerprint density at radius 3 is 2.57 bits per heavy atom. The Labute approximate surface area is 90.0 Å². The second-order valence-corrected chi connectivity index (χ2v) is 4.98. The van der Waals surface area contributed by atoms with Crippen molar-refractivity contribution in [2.45, 2.75) is 4.90 Å². The number of benzene rings is 1. The van der Waals surface area contributed by atoms with Crippen LogP contribution in [0.4, 0.5) is 0 Å². The fourth-order valence-electron chi connectivity index (χ4n) is 0.758. The molecule has 0 saturated heterocycles. The molecule has 1 aromatic rings. The molecule has 1 unspecified atom stereocenters. The molecule has 0 aliphatic rings. The van der Waals surface area contributed by atoms with Gasteiger partial charge < -0.3 is 9.45 Å². The van der Waals surface area contributed by atoms with Crippen LogP contribution < -0.4 is 0 Å². The number of hydrogen-bond acceptors (Lipinski definition) is 3. The highest BCUT2D eigenvalue weighted by atomic mass is 35.5. The number of hydrogen-bond donors (Lipinski definition) is 1. The summed E-state index contributed by atoms with van der Waals surface area (Å²) < 4.78 is 25.9. The molecule has 0 aliphatic heterocycles. The maximum absolute atomic E-state index is 11.4. The Hall–Kier alpha value is -0.0300. The van der Waals surface area contributed by atoms with Crippen LogP contribution in [0.1, 0.15) is 0 Å². The van der Waals surface area contributed by atoms with Gasteiger partial charge in [0.05, 0.1) is 0 Å². The molecule has 78 valence electrons. The summed E-state index contributed by atoms with van der Waals surface area (Å²) in [6.07, 6.45) is 0. The maximum Gasteiger partial charge on any atom is 0.320 e. The first-order valence-electron chi connectivity index (χ1n) is 3.59. The molecule has 0 aliphatic carbocycles. The Morgan fingerprint density at radius 1 is 1.50 bits per heavy atom. The van der Waals surface area contributed by atoms with E-state index in [-0.39, 0.29) is 5.94 Å². The summed E-state index contributed by atoms with van der Waals surface area (Å²) in [5.41, 5.74) is 0. The van der Waals surface area contributed by atoms with Gasteiger partial charge in [-0.05, 0) is 24.3 Å². The van der Waals surface area contributed by atoms with Crippen LogP contribution in [0.2, 0.25) is 5.02 Å². The van der Waals surface area contributed by atoms with E-state index in [4.69, 9.17) is 16.5 Å². The highest BCUT2D eigenvalue weighted by Crippen LogP contribution is 2.20. The van der Waals surface area contributed by atoms with Crippen molar-refractivity contribution in [1.29, 1.82) is 0 Å². The molecule has 0 bridgehead atoms. The second-order valence-electron chi connectivity index (χ2n) is 2.33. The summed E-state index contributed by atoms with van der Waals surface area (Å²) in [5, 5.41) is 0.544. The van der Waals surface area contributed by atoms with Crippen LogP contribution in [0.15, 0.2) is 29.2 Å². The van der Waals surface area contributed by atoms with Crippen molar-refractivity contribution in [3.63, 3.8) is 0 Å². The van der Waals surface area contributed by atoms with Gasteiger partial charge in [0.25, 0.3) is 0 Å². The smallest absolute Gasteiger partial charge is 0.320 e. The zero-order chi connectivity index (χ0) is 10.6. The largest absolute Gasteiger partial charge is 0.610 e. The van der Waals surface area contributed by atoms with E-state index in [9.17, 15) is 9.12 Å². The normalized spacial score (nSPS) is 15.1. The van der Waals surface area contributed by atoms with Gasteiger partial charge in [0, 0.05) is 16.2 Å². The van der Waals surface area contributed by atoms with E-state index in [2.05, 4.69) is 4.52 Å². The van der Waals surface area contributed by atoms with E-state index in [1.54, 1.807) is 24.3 Å². The number of rotatable bonds is 4. The van der Waals surface area contributed by atoms with Gasteiger partial charge >= 0.3 is 8.25 Å². The van der Waals surface area contributed by atoms with Gasteiger partial charge in [0.1, 0.15) is 0 Å². The minimum absolute atomic E-state index is 0.282. The second kappa shape index (κ2) is 5.75. The van der Waals surface area contributed by atoms with Gasteiger partial charge in [-0.3, -0.25) is 9.09 Å². The lowest BCUT2D eigenvalue weighted by Gasteiger charge is -2.08. The molecular weight excluding hydrogens is 247 g/mol. The average Bonchev–Trinajstić information content (AvgIpc) is 2.15. The first-order valence-corrected chi connectivity index (χ1v) is 6.55. The van der Waals surface area contributed by atoms with Gasteiger partial charge in [-0.25, -0.2) is 0 Å². The fourth-order valence-corrected chi connectivity index (χ4v) is 2.29. The first kappa shape index (κ1) is 12.0. The molecule has 4 nitrogen and oxygen atoms in total. The van der Waals surface area contributed by atoms with Gasteiger partial charge in [-0.1, -0.05) is 11.6 Å². The Bertz CT molecular complexity index is 318. The minimum atomic E-state index is -3.01. The van der Waals surface area contributed by atoms with E-state index in [0.717, 1.165) is 0 Å². The maximum atomic E-state index is 11.4. The van der Waals surface area contributed by atoms with Crippen molar-refractivity contribution >= 4 is 31.0 Å². The van der Waals surface area contributed by atoms with Crippen LogP contribution in [-0.2, 0) is 20.3 Å². The van der Waals surface area contributed by atoms with Crippen molar-refractivity contribution in [3.05, 3.63) is 29.3 Å². The summed E-state index contributed by atoms with van der Waals surface area (Å²) in [7, 11) is -3.01. The third kappa shape index (κ3) is 4.00. The average molecular weight is 255 g/mol. The van der Waals surface area contributed by atoms with E-state index >= 15 is 0 Å². The predicted octanol–water partition coefficient (Wildman–Crippen LogP) is 1.80. The Kier molecular flexibility index (Phi) is 4.95. The molecule has 0 aromatic heterocycles. The molecule has 1 N–H and O–H groups in total. The Morgan fingerprint density at radius 2 is 2.07 bits per heavy atom. The minimum Gasteiger partial charge on any atom is -0.610 e. The van der Waals surface area contributed by atoms with Crippen LogP contribution in [0.3, 0.4) is 0 Å². The summed E-state index contributed by atoms with van der Waals surface area (Å²) in [6, 6.07) is 6.35. The van der Waals surface area contributed by atoms with Crippen LogP contribution in [-0.4, -0.2) is 15.4 Å². The van der Waals surface area contributed by atoms with Crippen LogP contribution >= 0.6 is 19.9 Å². The zero-order valence-corrected chi connectivity index (χ0v) is 9.55. The SMILES string of the molecule is O=[PH](O)OC[S@@+]([O-])c1ccc(Cl)cc1. The van der Waals surface area contributed by atoms with Crippen molar-refractivity contribution in [2.75, 3.05) is 5.94 Å². The lowest BCUT2D eigenvalue weighted by molar-refractivity contribution is 0.322. The summed E-state index contributed by atoms with van der Waals surface area (Å²) >= 11 is 4.20. The molecular formula is C7H8ClO4PS. The third-order valence-electron chi connectivity index (χ3n) is 1.37. The molecule has 2 atom stereocenters. The van der Waals surface area contributed by atoms with Gasteiger partial charge in [-0.15, -0.1) is 0 Å². The monoisotopic (exact) mass is 254 g/mol. The standard InChI is InChI=1S/C7H8ClO4PS/c8-6-1-3-7(4-2-6)14(11)5-12-13(9)10/h1-4,13H,5H2,(H,9,10)/t14-/m1/s1. The summed E-state index contributed by atoms with van der Waals surface area (Å²) in [4.78, 5) is 8.87. The molecule has 0 heterocycles. The molecule has 0 radical (unpaired) electrons. The number of halogens is 1. The summed E-state index contributed by atoms with van der Waals surface area (Å²) in [5.74, 6) is -0.282. The van der Waals surface area contributed by atoms with Crippen LogP contribution in [0.5, 0.6) is 0 Å².